The molecule has 5 rings (SSSR count). The van der Waals surface area contributed by atoms with Crippen molar-refractivity contribution in [3.8, 4) is 11.3 Å². The maximum atomic E-state index is 12.6. The summed E-state index contributed by atoms with van der Waals surface area (Å²) in [5, 5.41) is 0. The highest BCUT2D eigenvalue weighted by Gasteiger charge is 2.30. The van der Waals surface area contributed by atoms with Crippen molar-refractivity contribution in [2.75, 3.05) is 20.1 Å². The molecule has 25 heavy (non-hydrogen) atoms. The molecule has 0 amide bonds. The van der Waals surface area contributed by atoms with Crippen LogP contribution in [0.5, 0.6) is 0 Å². The average molecular weight is 334 g/mol. The van der Waals surface area contributed by atoms with E-state index < -0.39 is 0 Å². The summed E-state index contributed by atoms with van der Waals surface area (Å²) < 4.78 is 0. The van der Waals surface area contributed by atoms with E-state index in [-0.39, 0.29) is 5.56 Å². The Morgan fingerprint density at radius 3 is 2.56 bits per heavy atom. The molecule has 1 saturated heterocycles. The Hall–Kier alpha value is -1.87. The summed E-state index contributed by atoms with van der Waals surface area (Å²) >= 11 is 0. The number of rotatable bonds is 1. The van der Waals surface area contributed by atoms with Crippen LogP contribution in [0.1, 0.15) is 59.4 Å². The van der Waals surface area contributed by atoms with Crippen molar-refractivity contribution < 1.29 is 0 Å². The number of nitrogens with one attached hydrogen (secondary N) is 1. The molecule has 0 unspecified atom stereocenters. The zero-order valence-electron chi connectivity index (χ0n) is 15.0. The normalized spacial score (nSPS) is 20.2. The number of aromatic nitrogens is 1. The monoisotopic (exact) mass is 334 g/mol. The third-order valence-corrected chi connectivity index (χ3v) is 6.64. The van der Waals surface area contributed by atoms with E-state index in [1.807, 2.05) is 0 Å². The molecule has 1 aromatic heterocycles. The van der Waals surface area contributed by atoms with Gasteiger partial charge in [0, 0.05) is 17.5 Å². The Bertz CT molecular complexity index is 888. The van der Waals surface area contributed by atoms with Crippen molar-refractivity contribution in [3.63, 3.8) is 0 Å². The molecule has 0 spiro atoms. The number of fused-ring (bicyclic) bond motifs is 5. The first-order chi connectivity index (χ1) is 12.2. The van der Waals surface area contributed by atoms with E-state index in [9.17, 15) is 4.79 Å². The number of aromatic amines is 1. The lowest BCUT2D eigenvalue weighted by Gasteiger charge is -2.30. The van der Waals surface area contributed by atoms with Gasteiger partial charge in [0.15, 0.2) is 0 Å². The van der Waals surface area contributed by atoms with Crippen molar-refractivity contribution in [1.29, 1.82) is 0 Å². The van der Waals surface area contributed by atoms with Gasteiger partial charge in [0.25, 0.3) is 5.56 Å². The number of hydrogen-bond acceptors (Lipinski definition) is 2. The van der Waals surface area contributed by atoms with E-state index >= 15 is 0 Å². The van der Waals surface area contributed by atoms with Crippen LogP contribution in [-0.2, 0) is 19.3 Å². The summed E-state index contributed by atoms with van der Waals surface area (Å²) in [5.74, 6) is 0.669. The maximum absolute atomic E-state index is 12.6. The Morgan fingerprint density at radius 1 is 1.00 bits per heavy atom. The van der Waals surface area contributed by atoms with E-state index in [4.69, 9.17) is 0 Å². The van der Waals surface area contributed by atoms with Crippen molar-refractivity contribution in [1.82, 2.24) is 9.88 Å². The fraction of sp³-hybridized carbons (Fsp3) is 0.500. The minimum Gasteiger partial charge on any atom is -0.321 e. The quantitative estimate of drug-likeness (QED) is 0.738. The van der Waals surface area contributed by atoms with Crippen molar-refractivity contribution in [2.24, 2.45) is 0 Å². The molecule has 3 heteroatoms. The highest BCUT2D eigenvalue weighted by Crippen LogP contribution is 2.43. The minimum atomic E-state index is 0.158. The van der Waals surface area contributed by atoms with E-state index in [2.05, 4.69) is 35.1 Å². The average Bonchev–Trinajstić information content (AvgIpc) is 3.02. The first kappa shape index (κ1) is 15.4. The second kappa shape index (κ2) is 5.84. The molecule has 0 radical (unpaired) electrons. The lowest BCUT2D eigenvalue weighted by Crippen LogP contribution is -2.29. The number of nitrogens with zero attached hydrogens (tertiary/aromatic N) is 1. The van der Waals surface area contributed by atoms with Gasteiger partial charge < -0.3 is 9.88 Å². The molecule has 0 atom stereocenters. The summed E-state index contributed by atoms with van der Waals surface area (Å²) in [6.45, 7) is 2.38. The minimum absolute atomic E-state index is 0.158. The van der Waals surface area contributed by atoms with Crippen LogP contribution in [0.25, 0.3) is 11.3 Å². The van der Waals surface area contributed by atoms with Gasteiger partial charge >= 0.3 is 0 Å². The summed E-state index contributed by atoms with van der Waals surface area (Å²) in [5.41, 5.74) is 9.45. The van der Waals surface area contributed by atoms with Crippen LogP contribution in [0, 0.1) is 0 Å². The van der Waals surface area contributed by atoms with Crippen LogP contribution < -0.4 is 5.56 Å². The SMILES string of the molecule is CN1CCC(c2cccc3c2Cc2c-3[nH]c(=O)c3c2CCCC3)CC1. The summed E-state index contributed by atoms with van der Waals surface area (Å²) in [6.07, 6.45) is 7.93. The van der Waals surface area contributed by atoms with Crippen LogP contribution in [0.3, 0.4) is 0 Å². The number of H-pyrrole nitrogens is 1. The zero-order chi connectivity index (χ0) is 17.0. The largest absolute Gasteiger partial charge is 0.321 e. The predicted molar refractivity (Wildman–Crippen MR) is 101 cm³/mol. The Labute approximate surface area is 149 Å². The molecule has 2 heterocycles. The van der Waals surface area contributed by atoms with Gasteiger partial charge in [-0.05, 0) is 86.8 Å². The van der Waals surface area contributed by atoms with Crippen molar-refractivity contribution >= 4 is 0 Å². The molecular weight excluding hydrogens is 308 g/mol. The zero-order valence-corrected chi connectivity index (χ0v) is 15.0. The number of hydrogen-bond donors (Lipinski definition) is 1. The fourth-order valence-corrected chi connectivity index (χ4v) is 5.24. The van der Waals surface area contributed by atoms with Crippen molar-refractivity contribution in [2.45, 2.75) is 50.9 Å². The molecule has 1 aliphatic heterocycles. The van der Waals surface area contributed by atoms with E-state index in [0.29, 0.717) is 5.92 Å². The first-order valence-corrected chi connectivity index (χ1v) is 9.80. The maximum Gasteiger partial charge on any atom is 0.251 e. The molecule has 3 nitrogen and oxygen atoms in total. The Balaban J connectivity index is 1.61. The van der Waals surface area contributed by atoms with Crippen LogP contribution in [0.4, 0.5) is 0 Å². The van der Waals surface area contributed by atoms with Crippen LogP contribution in [-0.4, -0.2) is 30.0 Å². The number of likely N-dealkylation sites (tertiary alicyclic amines) is 1. The van der Waals surface area contributed by atoms with Gasteiger partial charge in [-0.1, -0.05) is 18.2 Å². The van der Waals surface area contributed by atoms with Gasteiger partial charge in [-0.25, -0.2) is 0 Å². The lowest BCUT2D eigenvalue weighted by molar-refractivity contribution is 0.255. The number of piperidine rings is 1. The standard InChI is InChI=1S/C22H26N2O/c1-24-11-9-14(10-12-24)15-7-4-8-17-19(15)13-20-16-5-2-3-6-18(16)22(25)23-21(17)20/h4,7-8,14H,2-3,5-6,9-13H2,1H3,(H,23,25). The second-order valence-corrected chi connectivity index (χ2v) is 8.10. The molecule has 1 aromatic carbocycles. The lowest BCUT2D eigenvalue weighted by atomic mass is 9.85. The van der Waals surface area contributed by atoms with E-state index in [1.165, 1.54) is 60.2 Å². The highest BCUT2D eigenvalue weighted by molar-refractivity contribution is 5.77. The van der Waals surface area contributed by atoms with Gasteiger partial charge in [0.05, 0.1) is 5.69 Å². The number of pyridine rings is 1. The first-order valence-electron chi connectivity index (χ1n) is 9.80. The summed E-state index contributed by atoms with van der Waals surface area (Å²) in [7, 11) is 2.22. The topological polar surface area (TPSA) is 36.1 Å². The van der Waals surface area contributed by atoms with Gasteiger partial charge in [-0.3, -0.25) is 4.79 Å². The Kier molecular flexibility index (Phi) is 3.60. The van der Waals surface area contributed by atoms with Crippen LogP contribution >= 0.6 is 0 Å². The van der Waals surface area contributed by atoms with Gasteiger partial charge in [0.1, 0.15) is 0 Å². The summed E-state index contributed by atoms with van der Waals surface area (Å²) in [6, 6.07) is 6.75. The third-order valence-electron chi connectivity index (χ3n) is 6.64. The molecule has 2 aliphatic carbocycles. The molecule has 130 valence electrons. The molecule has 1 fully saturated rings. The summed E-state index contributed by atoms with van der Waals surface area (Å²) in [4.78, 5) is 18.3. The number of benzene rings is 1. The van der Waals surface area contributed by atoms with Crippen LogP contribution in [0.15, 0.2) is 23.0 Å². The molecule has 0 bridgehead atoms. The Morgan fingerprint density at radius 2 is 1.76 bits per heavy atom. The van der Waals surface area contributed by atoms with Gasteiger partial charge in [-0.2, -0.15) is 0 Å². The van der Waals surface area contributed by atoms with Crippen molar-refractivity contribution in [3.05, 3.63) is 56.4 Å². The van der Waals surface area contributed by atoms with Gasteiger partial charge in [-0.15, -0.1) is 0 Å². The molecular formula is C22H26N2O. The predicted octanol–water partition coefficient (Wildman–Crippen LogP) is 3.63. The second-order valence-electron chi connectivity index (χ2n) is 8.10. The van der Waals surface area contributed by atoms with Gasteiger partial charge in [0.2, 0.25) is 0 Å². The smallest absolute Gasteiger partial charge is 0.251 e. The molecule has 0 saturated carbocycles. The van der Waals surface area contributed by atoms with E-state index in [0.717, 1.165) is 36.9 Å². The molecule has 1 N–H and O–H groups in total. The molecule has 3 aliphatic rings. The molecule has 2 aromatic rings. The highest BCUT2D eigenvalue weighted by atomic mass is 16.1. The van der Waals surface area contributed by atoms with Crippen LogP contribution in [0.2, 0.25) is 0 Å². The third kappa shape index (κ3) is 2.40. The van der Waals surface area contributed by atoms with E-state index in [1.54, 1.807) is 0 Å². The fourth-order valence-electron chi connectivity index (χ4n) is 5.24.